The van der Waals surface area contributed by atoms with Gasteiger partial charge in [-0.15, -0.1) is 0 Å². The molecule has 0 aliphatic heterocycles. The highest BCUT2D eigenvalue weighted by molar-refractivity contribution is 9.09. The van der Waals surface area contributed by atoms with Crippen molar-refractivity contribution in [1.29, 1.82) is 5.26 Å². The van der Waals surface area contributed by atoms with E-state index in [0.29, 0.717) is 11.3 Å². The van der Waals surface area contributed by atoms with Crippen LogP contribution >= 0.6 is 15.9 Å². The molecule has 0 atom stereocenters. The molecule has 0 heterocycles. The highest BCUT2D eigenvalue weighted by Crippen LogP contribution is 2.20. The number of nitrogens with zero attached hydrogens (tertiary/aromatic N) is 1. The molecule has 0 saturated heterocycles. The van der Waals surface area contributed by atoms with E-state index in [2.05, 4.69) is 33.8 Å². The first-order chi connectivity index (χ1) is 7.33. The Morgan fingerprint density at radius 3 is 2.87 bits per heavy atom. The Hall–Kier alpha value is -1.45. The minimum Gasteiger partial charge on any atom is -0.495 e. The monoisotopic (exact) mass is 263 g/mol. The molecular weight excluding hydrogens is 254 g/mol. The van der Waals surface area contributed by atoms with E-state index in [1.54, 1.807) is 13.2 Å². The van der Waals surface area contributed by atoms with E-state index in [-0.39, 0.29) is 0 Å². The number of benzene rings is 1. The van der Waals surface area contributed by atoms with Crippen LogP contribution in [0.15, 0.2) is 18.2 Å². The largest absolute Gasteiger partial charge is 0.495 e. The van der Waals surface area contributed by atoms with E-state index in [0.717, 1.165) is 17.3 Å². The predicted octanol–water partition coefficient (Wildman–Crippen LogP) is 2.70. The molecule has 1 aromatic rings. The van der Waals surface area contributed by atoms with Crippen LogP contribution in [0.4, 0.5) is 0 Å². The summed E-state index contributed by atoms with van der Waals surface area (Å²) in [6, 6.07) is 7.51. The van der Waals surface area contributed by atoms with E-state index in [9.17, 15) is 0 Å². The van der Waals surface area contributed by atoms with Gasteiger partial charge in [-0.1, -0.05) is 33.8 Å². The van der Waals surface area contributed by atoms with Crippen molar-refractivity contribution in [2.24, 2.45) is 0 Å². The Labute approximate surface area is 98.0 Å². The molecule has 0 aliphatic carbocycles. The van der Waals surface area contributed by atoms with Crippen LogP contribution in [0, 0.1) is 23.2 Å². The molecule has 0 bridgehead atoms. The normalized spacial score (nSPS) is 8.60. The second-order valence-corrected chi connectivity index (χ2v) is 3.53. The first-order valence-corrected chi connectivity index (χ1v) is 5.57. The van der Waals surface area contributed by atoms with Crippen molar-refractivity contribution in [3.05, 3.63) is 29.3 Å². The quantitative estimate of drug-likeness (QED) is 0.607. The van der Waals surface area contributed by atoms with Gasteiger partial charge in [0.15, 0.2) is 0 Å². The molecule has 15 heavy (non-hydrogen) atoms. The minimum absolute atomic E-state index is 0.502. The molecule has 3 heteroatoms. The number of methoxy groups -OCH3 is 1. The molecule has 0 radical (unpaired) electrons. The summed E-state index contributed by atoms with van der Waals surface area (Å²) in [6.45, 7) is 0. The van der Waals surface area contributed by atoms with Crippen LogP contribution in [0.3, 0.4) is 0 Å². The summed E-state index contributed by atoms with van der Waals surface area (Å²) in [7, 11) is 1.55. The fraction of sp³-hybridized carbons (Fsp3) is 0.250. The molecule has 0 fully saturated rings. The molecule has 1 rings (SSSR count). The van der Waals surface area contributed by atoms with Gasteiger partial charge in [0.25, 0.3) is 0 Å². The predicted molar refractivity (Wildman–Crippen MR) is 63.0 cm³/mol. The lowest BCUT2D eigenvalue weighted by Crippen LogP contribution is -1.91. The van der Waals surface area contributed by atoms with Gasteiger partial charge in [-0.05, 0) is 12.1 Å². The lowest BCUT2D eigenvalue weighted by molar-refractivity contribution is 0.413. The molecular formula is C12H10BrNO. The molecule has 0 aliphatic rings. The number of nitriles is 1. The lowest BCUT2D eigenvalue weighted by Gasteiger charge is -2.02. The van der Waals surface area contributed by atoms with Gasteiger partial charge in [0.05, 0.1) is 7.11 Å². The summed E-state index contributed by atoms with van der Waals surface area (Å²) in [5, 5.41) is 9.82. The van der Waals surface area contributed by atoms with Crippen molar-refractivity contribution >= 4 is 15.9 Å². The van der Waals surface area contributed by atoms with Crippen molar-refractivity contribution in [3.8, 4) is 23.7 Å². The summed E-state index contributed by atoms with van der Waals surface area (Å²) < 4.78 is 5.08. The van der Waals surface area contributed by atoms with Crippen LogP contribution in [-0.4, -0.2) is 12.4 Å². The maximum Gasteiger partial charge on any atom is 0.137 e. The fourth-order valence-corrected chi connectivity index (χ4v) is 1.32. The molecule has 2 nitrogen and oxygen atoms in total. The third kappa shape index (κ3) is 3.01. The van der Waals surface area contributed by atoms with Gasteiger partial charge in [0.2, 0.25) is 0 Å². The van der Waals surface area contributed by atoms with Gasteiger partial charge in [-0.3, -0.25) is 0 Å². The number of hydrogen-bond acceptors (Lipinski definition) is 2. The van der Waals surface area contributed by atoms with E-state index in [1.165, 1.54) is 0 Å². The number of alkyl halides is 1. The Morgan fingerprint density at radius 1 is 1.47 bits per heavy atom. The summed E-state index contributed by atoms with van der Waals surface area (Å²) >= 11 is 3.29. The average Bonchev–Trinajstić information content (AvgIpc) is 2.29. The topological polar surface area (TPSA) is 33.0 Å². The summed E-state index contributed by atoms with van der Waals surface area (Å²) in [4.78, 5) is 0. The van der Waals surface area contributed by atoms with Crippen LogP contribution in [0.1, 0.15) is 17.5 Å². The molecule has 0 N–H and O–H groups in total. The number of halogens is 1. The van der Waals surface area contributed by atoms with Crippen LogP contribution in [0.5, 0.6) is 5.75 Å². The highest BCUT2D eigenvalue weighted by atomic mass is 79.9. The van der Waals surface area contributed by atoms with Gasteiger partial charge in [-0.2, -0.15) is 5.26 Å². The van der Waals surface area contributed by atoms with Gasteiger partial charge in [-0.25, -0.2) is 0 Å². The zero-order valence-electron chi connectivity index (χ0n) is 8.38. The van der Waals surface area contributed by atoms with Crippen LogP contribution < -0.4 is 4.74 Å². The summed E-state index contributed by atoms with van der Waals surface area (Å²) in [5.74, 6) is 6.50. The third-order valence-electron chi connectivity index (χ3n) is 1.80. The Kier molecular flexibility index (Phi) is 4.74. The number of ether oxygens (including phenoxy) is 1. The van der Waals surface area contributed by atoms with Gasteiger partial charge < -0.3 is 4.74 Å². The molecule has 0 aromatic heterocycles. The van der Waals surface area contributed by atoms with Gasteiger partial charge >= 0.3 is 0 Å². The molecule has 0 unspecified atom stereocenters. The SMILES string of the molecule is COc1cccc(C#CCCBr)c1C#N. The summed E-state index contributed by atoms with van der Waals surface area (Å²) in [5.41, 5.74) is 1.22. The Balaban J connectivity index is 3.10. The maximum atomic E-state index is 8.98. The van der Waals surface area contributed by atoms with Crippen molar-refractivity contribution in [2.45, 2.75) is 6.42 Å². The van der Waals surface area contributed by atoms with Crippen molar-refractivity contribution < 1.29 is 4.74 Å². The second-order valence-electron chi connectivity index (χ2n) is 2.74. The molecule has 0 spiro atoms. The van der Waals surface area contributed by atoms with Crippen LogP contribution in [0.25, 0.3) is 0 Å². The molecule has 0 amide bonds. The van der Waals surface area contributed by atoms with Crippen LogP contribution in [0.2, 0.25) is 0 Å². The zero-order chi connectivity index (χ0) is 11.1. The second kappa shape index (κ2) is 6.11. The molecule has 0 saturated carbocycles. The smallest absolute Gasteiger partial charge is 0.137 e. The zero-order valence-corrected chi connectivity index (χ0v) is 9.97. The van der Waals surface area contributed by atoms with Gasteiger partial charge in [0, 0.05) is 17.3 Å². The average molecular weight is 264 g/mol. The summed E-state index contributed by atoms with van der Waals surface area (Å²) in [6.07, 6.45) is 0.766. The standard InChI is InChI=1S/C12H10BrNO/c1-15-12-7-4-6-10(11(12)9-14)5-2-3-8-13/h4,6-7H,3,8H2,1H3. The highest BCUT2D eigenvalue weighted by Gasteiger charge is 2.05. The first kappa shape index (κ1) is 11.6. The van der Waals surface area contributed by atoms with Crippen molar-refractivity contribution in [3.63, 3.8) is 0 Å². The Morgan fingerprint density at radius 2 is 2.27 bits per heavy atom. The fourth-order valence-electron chi connectivity index (χ4n) is 1.13. The van der Waals surface area contributed by atoms with E-state index in [4.69, 9.17) is 10.00 Å². The van der Waals surface area contributed by atoms with Gasteiger partial charge in [0.1, 0.15) is 17.4 Å². The molecule has 1 aromatic carbocycles. The van der Waals surface area contributed by atoms with Crippen molar-refractivity contribution in [1.82, 2.24) is 0 Å². The lowest BCUT2D eigenvalue weighted by atomic mass is 10.1. The number of hydrogen-bond donors (Lipinski definition) is 0. The third-order valence-corrected chi connectivity index (χ3v) is 2.20. The van der Waals surface area contributed by atoms with E-state index in [1.807, 2.05) is 12.1 Å². The van der Waals surface area contributed by atoms with Crippen LogP contribution in [-0.2, 0) is 0 Å². The maximum absolute atomic E-state index is 8.98. The van der Waals surface area contributed by atoms with E-state index >= 15 is 0 Å². The number of rotatable bonds is 2. The van der Waals surface area contributed by atoms with Crippen molar-refractivity contribution in [2.75, 3.05) is 12.4 Å². The first-order valence-electron chi connectivity index (χ1n) is 4.45. The minimum atomic E-state index is 0.502. The Bertz CT molecular complexity index is 437. The van der Waals surface area contributed by atoms with E-state index < -0.39 is 0 Å². The molecule has 76 valence electrons.